The fourth-order valence-corrected chi connectivity index (χ4v) is 3.97. The first kappa shape index (κ1) is 18.8. The molecular formula is C23H24ClN3O. The molecule has 4 rings (SSSR count). The maximum Gasteiger partial charge on any atom is 0.169 e. The summed E-state index contributed by atoms with van der Waals surface area (Å²) in [6.45, 7) is 8.41. The molecule has 1 heterocycles. The third-order valence-corrected chi connectivity index (χ3v) is 5.73. The number of halogens is 1. The highest BCUT2D eigenvalue weighted by molar-refractivity contribution is 6.30. The average molecular weight is 394 g/mol. The summed E-state index contributed by atoms with van der Waals surface area (Å²) in [7, 11) is 0. The first-order valence-electron chi connectivity index (χ1n) is 9.49. The summed E-state index contributed by atoms with van der Waals surface area (Å²) in [5.41, 5.74) is 5.79. The molecule has 0 fully saturated rings. The van der Waals surface area contributed by atoms with Crippen LogP contribution < -0.4 is 5.32 Å². The van der Waals surface area contributed by atoms with Crippen LogP contribution in [-0.2, 0) is 6.42 Å². The lowest BCUT2D eigenvalue weighted by molar-refractivity contribution is 0.0912. The van der Waals surface area contributed by atoms with Crippen LogP contribution in [0.2, 0.25) is 5.02 Å². The highest BCUT2D eigenvalue weighted by Crippen LogP contribution is 2.39. The largest absolute Gasteiger partial charge is 0.338 e. The summed E-state index contributed by atoms with van der Waals surface area (Å²) in [6, 6.07) is 13.7. The Balaban J connectivity index is 1.87. The Hall–Kier alpha value is -2.59. The summed E-state index contributed by atoms with van der Waals surface area (Å²) in [6.07, 6.45) is 1.31. The number of benzene rings is 2. The first-order valence-corrected chi connectivity index (χ1v) is 9.87. The van der Waals surface area contributed by atoms with E-state index in [-0.39, 0.29) is 11.2 Å². The van der Waals surface area contributed by atoms with E-state index in [4.69, 9.17) is 16.7 Å². The maximum atomic E-state index is 13.0. The van der Waals surface area contributed by atoms with Crippen molar-refractivity contribution in [1.82, 2.24) is 9.78 Å². The van der Waals surface area contributed by atoms with Crippen LogP contribution in [0.3, 0.4) is 0 Å². The van der Waals surface area contributed by atoms with Gasteiger partial charge in [0.1, 0.15) is 0 Å². The number of ketones is 1. The van der Waals surface area contributed by atoms with Crippen molar-refractivity contribution in [3.8, 4) is 5.69 Å². The molecule has 0 saturated carbocycles. The van der Waals surface area contributed by atoms with E-state index >= 15 is 0 Å². The summed E-state index contributed by atoms with van der Waals surface area (Å²) in [5, 5.41) is 8.91. The molecule has 144 valence electrons. The first-order chi connectivity index (χ1) is 13.2. The van der Waals surface area contributed by atoms with Gasteiger partial charge in [-0.1, -0.05) is 37.6 Å². The SMILES string of the molecule is Cc1cccc(Nc2nn(-c3ccc(Cl)cc3)c3c2C(=O)CC(C)(C)C3)c1C. The quantitative estimate of drug-likeness (QED) is 0.589. The molecule has 5 heteroatoms. The Morgan fingerprint density at radius 2 is 1.79 bits per heavy atom. The van der Waals surface area contributed by atoms with Gasteiger partial charge in [0.25, 0.3) is 0 Å². The molecule has 0 unspecified atom stereocenters. The topological polar surface area (TPSA) is 46.9 Å². The minimum absolute atomic E-state index is 0.0924. The van der Waals surface area contributed by atoms with Crippen molar-refractivity contribution in [3.63, 3.8) is 0 Å². The lowest BCUT2D eigenvalue weighted by Gasteiger charge is -2.29. The molecule has 4 nitrogen and oxygen atoms in total. The zero-order valence-electron chi connectivity index (χ0n) is 16.6. The van der Waals surface area contributed by atoms with Gasteiger partial charge in [-0.25, -0.2) is 4.68 Å². The third kappa shape index (κ3) is 3.33. The molecule has 0 atom stereocenters. The van der Waals surface area contributed by atoms with E-state index in [1.807, 2.05) is 41.1 Å². The fourth-order valence-electron chi connectivity index (χ4n) is 3.85. The number of carbonyl (C=O) groups is 1. The van der Waals surface area contributed by atoms with Crippen molar-refractivity contribution in [1.29, 1.82) is 0 Å². The molecular weight excluding hydrogens is 370 g/mol. The van der Waals surface area contributed by atoms with Crippen LogP contribution in [0.25, 0.3) is 5.69 Å². The third-order valence-electron chi connectivity index (χ3n) is 5.47. The Kier molecular flexibility index (Phi) is 4.54. The smallest absolute Gasteiger partial charge is 0.169 e. The van der Waals surface area contributed by atoms with Gasteiger partial charge in [0, 0.05) is 17.1 Å². The average Bonchev–Trinajstić information content (AvgIpc) is 2.97. The molecule has 1 N–H and O–H groups in total. The molecule has 1 aromatic heterocycles. The Labute approximate surface area is 170 Å². The highest BCUT2D eigenvalue weighted by atomic mass is 35.5. The van der Waals surface area contributed by atoms with Crippen molar-refractivity contribution in [2.24, 2.45) is 5.41 Å². The van der Waals surface area contributed by atoms with E-state index in [9.17, 15) is 4.79 Å². The predicted molar refractivity (Wildman–Crippen MR) is 114 cm³/mol. The van der Waals surface area contributed by atoms with Gasteiger partial charge in [-0.15, -0.1) is 5.10 Å². The molecule has 3 aromatic rings. The van der Waals surface area contributed by atoms with Gasteiger partial charge in [-0.2, -0.15) is 0 Å². The van der Waals surface area contributed by atoms with E-state index in [0.29, 0.717) is 22.8 Å². The van der Waals surface area contributed by atoms with Crippen molar-refractivity contribution in [3.05, 3.63) is 69.9 Å². The molecule has 28 heavy (non-hydrogen) atoms. The monoisotopic (exact) mass is 393 g/mol. The Morgan fingerprint density at radius 1 is 1.07 bits per heavy atom. The fraction of sp³-hybridized carbons (Fsp3) is 0.304. The lowest BCUT2D eigenvalue weighted by atomic mass is 9.76. The van der Waals surface area contributed by atoms with Crippen LogP contribution in [-0.4, -0.2) is 15.6 Å². The van der Waals surface area contributed by atoms with Crippen molar-refractivity contribution >= 4 is 28.9 Å². The van der Waals surface area contributed by atoms with Gasteiger partial charge >= 0.3 is 0 Å². The molecule has 0 aliphatic heterocycles. The minimum atomic E-state index is -0.0924. The van der Waals surface area contributed by atoms with Gasteiger partial charge in [-0.3, -0.25) is 4.79 Å². The van der Waals surface area contributed by atoms with Gasteiger partial charge in [0.2, 0.25) is 0 Å². The van der Waals surface area contributed by atoms with Crippen LogP contribution >= 0.6 is 11.6 Å². The number of hydrogen-bond acceptors (Lipinski definition) is 3. The van der Waals surface area contributed by atoms with Gasteiger partial charge < -0.3 is 5.32 Å². The number of fused-ring (bicyclic) bond motifs is 1. The van der Waals surface area contributed by atoms with E-state index in [2.05, 4.69) is 39.1 Å². The Morgan fingerprint density at radius 3 is 2.50 bits per heavy atom. The van der Waals surface area contributed by atoms with E-state index in [0.717, 1.165) is 29.1 Å². The van der Waals surface area contributed by atoms with E-state index in [1.54, 1.807) is 0 Å². The van der Waals surface area contributed by atoms with Crippen LogP contribution in [0.1, 0.15) is 47.4 Å². The van der Waals surface area contributed by atoms with E-state index < -0.39 is 0 Å². The molecule has 2 aromatic carbocycles. The van der Waals surface area contributed by atoms with Crippen molar-refractivity contribution in [2.45, 2.75) is 40.5 Å². The lowest BCUT2D eigenvalue weighted by Crippen LogP contribution is -2.28. The number of Topliss-reactive ketones (excluding diaryl/α,β-unsaturated/α-hetero) is 1. The number of nitrogens with one attached hydrogen (secondary N) is 1. The summed E-state index contributed by atoms with van der Waals surface area (Å²) >= 11 is 6.06. The zero-order valence-corrected chi connectivity index (χ0v) is 17.4. The number of anilines is 2. The van der Waals surface area contributed by atoms with Crippen LogP contribution in [0.15, 0.2) is 42.5 Å². The maximum absolute atomic E-state index is 13.0. The number of carbonyl (C=O) groups excluding carboxylic acids is 1. The highest BCUT2D eigenvalue weighted by Gasteiger charge is 2.37. The standard InChI is InChI=1S/C23H24ClN3O/c1-14-6-5-7-18(15(14)2)25-22-21-19(12-23(3,4)13-20(21)28)27(26-22)17-10-8-16(24)9-11-17/h5-11H,12-13H2,1-4H3,(H,25,26). The van der Waals surface area contributed by atoms with Crippen molar-refractivity contribution in [2.75, 3.05) is 5.32 Å². The minimum Gasteiger partial charge on any atom is -0.338 e. The molecule has 0 amide bonds. The number of hydrogen-bond donors (Lipinski definition) is 1. The van der Waals surface area contributed by atoms with Gasteiger partial charge in [-0.05, 0) is 67.1 Å². The predicted octanol–water partition coefficient (Wildman–Crippen LogP) is 6.04. The van der Waals surface area contributed by atoms with E-state index in [1.165, 1.54) is 5.56 Å². The number of nitrogens with zero attached hydrogens (tertiary/aromatic N) is 2. The normalized spacial score (nSPS) is 15.4. The molecule has 1 aliphatic carbocycles. The molecule has 1 aliphatic rings. The number of aromatic nitrogens is 2. The number of aryl methyl sites for hydroxylation is 1. The second kappa shape index (κ2) is 6.78. The van der Waals surface area contributed by atoms with Gasteiger partial charge in [0.05, 0.1) is 16.9 Å². The molecule has 0 radical (unpaired) electrons. The molecule has 0 saturated heterocycles. The van der Waals surface area contributed by atoms with Crippen LogP contribution in [0, 0.1) is 19.3 Å². The zero-order chi connectivity index (χ0) is 20.1. The summed E-state index contributed by atoms with van der Waals surface area (Å²) in [4.78, 5) is 13.0. The molecule has 0 spiro atoms. The summed E-state index contributed by atoms with van der Waals surface area (Å²) in [5.74, 6) is 0.762. The molecule has 0 bridgehead atoms. The second-order valence-corrected chi connectivity index (χ2v) is 8.81. The van der Waals surface area contributed by atoms with Crippen molar-refractivity contribution < 1.29 is 4.79 Å². The van der Waals surface area contributed by atoms with Gasteiger partial charge in [0.15, 0.2) is 11.6 Å². The number of rotatable bonds is 3. The van der Waals surface area contributed by atoms with Crippen LogP contribution in [0.4, 0.5) is 11.5 Å². The second-order valence-electron chi connectivity index (χ2n) is 8.37. The van der Waals surface area contributed by atoms with Crippen LogP contribution in [0.5, 0.6) is 0 Å². The Bertz CT molecular complexity index is 1060. The summed E-state index contributed by atoms with van der Waals surface area (Å²) < 4.78 is 1.89.